The minimum Gasteiger partial charge on any atom is -0.378 e. The van der Waals surface area contributed by atoms with Crippen LogP contribution in [0.5, 0.6) is 0 Å². The first-order valence-corrected chi connectivity index (χ1v) is 7.75. The third kappa shape index (κ3) is 3.61. The number of ether oxygens (including phenoxy) is 1. The van der Waals surface area contributed by atoms with Crippen LogP contribution < -0.4 is 10.2 Å². The van der Waals surface area contributed by atoms with Crippen molar-refractivity contribution < 1.29 is 9.53 Å². The van der Waals surface area contributed by atoms with Crippen molar-refractivity contribution in [2.24, 2.45) is 0 Å². The van der Waals surface area contributed by atoms with E-state index in [-0.39, 0.29) is 5.91 Å². The summed E-state index contributed by atoms with van der Waals surface area (Å²) in [5, 5.41) is 11.0. The third-order valence-corrected chi connectivity index (χ3v) is 3.81. The van der Waals surface area contributed by atoms with Crippen molar-refractivity contribution in [3.05, 3.63) is 46.4 Å². The van der Waals surface area contributed by atoms with Gasteiger partial charge in [-0.15, -0.1) is 10.2 Å². The lowest BCUT2D eigenvalue weighted by atomic mass is 10.2. The number of hydrogen-bond donors (Lipinski definition) is 1. The van der Waals surface area contributed by atoms with E-state index in [0.29, 0.717) is 24.6 Å². The fraction of sp³-hybridized carbons (Fsp3) is 0.267. The van der Waals surface area contributed by atoms with Crippen molar-refractivity contribution >= 4 is 33.5 Å². The maximum atomic E-state index is 12.1. The van der Waals surface area contributed by atoms with E-state index in [1.807, 2.05) is 18.2 Å². The lowest BCUT2D eigenvalue weighted by Gasteiger charge is -2.27. The average molecular weight is 363 g/mol. The summed E-state index contributed by atoms with van der Waals surface area (Å²) in [5.74, 6) is 1.01. The van der Waals surface area contributed by atoms with Crippen LogP contribution in [0.25, 0.3) is 0 Å². The molecule has 0 unspecified atom stereocenters. The number of anilines is 2. The summed E-state index contributed by atoms with van der Waals surface area (Å²) >= 11 is 3.35. The van der Waals surface area contributed by atoms with Crippen molar-refractivity contribution in [2.45, 2.75) is 0 Å². The molecule has 0 aliphatic carbocycles. The van der Waals surface area contributed by atoms with Gasteiger partial charge in [0, 0.05) is 23.1 Å². The highest BCUT2D eigenvalue weighted by Crippen LogP contribution is 2.15. The van der Waals surface area contributed by atoms with Crippen molar-refractivity contribution in [1.82, 2.24) is 10.2 Å². The van der Waals surface area contributed by atoms with E-state index < -0.39 is 0 Å². The average Bonchev–Trinajstić information content (AvgIpc) is 2.56. The van der Waals surface area contributed by atoms with Crippen molar-refractivity contribution in [3.63, 3.8) is 0 Å². The molecule has 1 saturated heterocycles. The number of rotatable bonds is 3. The Labute approximate surface area is 136 Å². The number of halogens is 1. The highest BCUT2D eigenvalue weighted by Gasteiger charge is 2.13. The molecule has 1 fully saturated rings. The summed E-state index contributed by atoms with van der Waals surface area (Å²) in [5.41, 5.74) is 0.563. The first kappa shape index (κ1) is 14.9. The largest absolute Gasteiger partial charge is 0.378 e. The van der Waals surface area contributed by atoms with Gasteiger partial charge < -0.3 is 15.0 Å². The molecule has 3 rings (SSSR count). The standard InChI is InChI=1S/C15H15BrN4O2/c16-12-3-1-2-11(10-12)15(21)17-13-4-5-14(19-18-13)20-6-8-22-9-7-20/h1-5,10H,6-9H2,(H,17,18,21). The quantitative estimate of drug-likeness (QED) is 0.907. The van der Waals surface area contributed by atoms with Crippen LogP contribution in [0.3, 0.4) is 0 Å². The molecule has 0 bridgehead atoms. The van der Waals surface area contributed by atoms with Gasteiger partial charge in [-0.25, -0.2) is 0 Å². The highest BCUT2D eigenvalue weighted by molar-refractivity contribution is 9.10. The molecule has 0 atom stereocenters. The van der Waals surface area contributed by atoms with Gasteiger partial charge in [-0.05, 0) is 30.3 Å². The molecule has 1 aromatic carbocycles. The maximum Gasteiger partial charge on any atom is 0.256 e. The molecule has 1 aliphatic heterocycles. The number of hydrogen-bond acceptors (Lipinski definition) is 5. The van der Waals surface area contributed by atoms with E-state index in [1.54, 1.807) is 18.2 Å². The summed E-state index contributed by atoms with van der Waals surface area (Å²) in [4.78, 5) is 14.2. The summed E-state index contributed by atoms with van der Waals surface area (Å²) < 4.78 is 6.16. The molecule has 1 aromatic heterocycles. The van der Waals surface area contributed by atoms with E-state index in [4.69, 9.17) is 4.74 Å². The molecular formula is C15H15BrN4O2. The molecular weight excluding hydrogens is 348 g/mol. The number of carbonyl (C=O) groups is 1. The Bertz CT molecular complexity index is 657. The van der Waals surface area contributed by atoms with Crippen LogP contribution >= 0.6 is 15.9 Å². The monoisotopic (exact) mass is 362 g/mol. The van der Waals surface area contributed by atoms with Gasteiger partial charge in [0.05, 0.1) is 13.2 Å². The van der Waals surface area contributed by atoms with Crippen LogP contribution in [0.2, 0.25) is 0 Å². The van der Waals surface area contributed by atoms with Crippen LogP contribution in [-0.2, 0) is 4.74 Å². The Hall–Kier alpha value is -1.99. The van der Waals surface area contributed by atoms with Gasteiger partial charge in [0.2, 0.25) is 0 Å². The van der Waals surface area contributed by atoms with Crippen LogP contribution in [0.1, 0.15) is 10.4 Å². The van der Waals surface area contributed by atoms with E-state index in [1.165, 1.54) is 0 Å². The van der Waals surface area contributed by atoms with Gasteiger partial charge in [-0.1, -0.05) is 22.0 Å². The molecule has 1 N–H and O–H groups in total. The molecule has 1 amide bonds. The molecule has 6 nitrogen and oxygen atoms in total. The zero-order valence-electron chi connectivity index (χ0n) is 11.8. The number of benzene rings is 1. The van der Waals surface area contributed by atoms with E-state index in [9.17, 15) is 4.79 Å². The Morgan fingerprint density at radius 1 is 1.18 bits per heavy atom. The van der Waals surface area contributed by atoms with E-state index in [2.05, 4.69) is 36.3 Å². The first-order chi connectivity index (χ1) is 10.7. The summed E-state index contributed by atoms with van der Waals surface area (Å²) in [7, 11) is 0. The fourth-order valence-electron chi connectivity index (χ4n) is 2.17. The van der Waals surface area contributed by atoms with E-state index in [0.717, 1.165) is 23.4 Å². The Kier molecular flexibility index (Phi) is 4.65. The van der Waals surface area contributed by atoms with Crippen LogP contribution in [0, 0.1) is 0 Å². The van der Waals surface area contributed by atoms with Gasteiger partial charge in [-0.2, -0.15) is 0 Å². The predicted molar refractivity (Wildman–Crippen MR) is 87.2 cm³/mol. The number of amides is 1. The predicted octanol–water partition coefficient (Wildman–Crippen LogP) is 2.33. The van der Waals surface area contributed by atoms with Crippen molar-refractivity contribution in [3.8, 4) is 0 Å². The highest BCUT2D eigenvalue weighted by atomic mass is 79.9. The maximum absolute atomic E-state index is 12.1. The summed E-state index contributed by atoms with van der Waals surface area (Å²) in [6, 6.07) is 10.8. The van der Waals surface area contributed by atoms with Gasteiger partial charge in [-0.3, -0.25) is 4.79 Å². The topological polar surface area (TPSA) is 67.4 Å². The number of carbonyl (C=O) groups excluding carboxylic acids is 1. The number of nitrogens with zero attached hydrogens (tertiary/aromatic N) is 3. The molecule has 0 spiro atoms. The SMILES string of the molecule is O=C(Nc1ccc(N2CCOCC2)nn1)c1cccc(Br)c1. The zero-order chi connectivity index (χ0) is 15.4. The number of nitrogens with one attached hydrogen (secondary N) is 1. The minimum absolute atomic E-state index is 0.213. The lowest BCUT2D eigenvalue weighted by Crippen LogP contribution is -2.36. The fourth-order valence-corrected chi connectivity index (χ4v) is 2.57. The Balaban J connectivity index is 1.66. The number of morpholine rings is 1. The molecule has 7 heteroatoms. The molecule has 114 valence electrons. The molecule has 1 aliphatic rings. The first-order valence-electron chi connectivity index (χ1n) is 6.96. The molecule has 2 aromatic rings. The third-order valence-electron chi connectivity index (χ3n) is 3.31. The van der Waals surface area contributed by atoms with Crippen molar-refractivity contribution in [1.29, 1.82) is 0 Å². The van der Waals surface area contributed by atoms with Gasteiger partial charge in [0.25, 0.3) is 5.91 Å². The summed E-state index contributed by atoms with van der Waals surface area (Å²) in [6.07, 6.45) is 0. The van der Waals surface area contributed by atoms with E-state index >= 15 is 0 Å². The van der Waals surface area contributed by atoms with Crippen molar-refractivity contribution in [2.75, 3.05) is 36.5 Å². The smallest absolute Gasteiger partial charge is 0.256 e. The Morgan fingerprint density at radius 3 is 2.68 bits per heavy atom. The minimum atomic E-state index is -0.213. The molecule has 0 radical (unpaired) electrons. The number of aromatic nitrogens is 2. The molecule has 22 heavy (non-hydrogen) atoms. The second-order valence-corrected chi connectivity index (χ2v) is 5.76. The second-order valence-electron chi connectivity index (χ2n) is 4.84. The lowest BCUT2D eigenvalue weighted by molar-refractivity contribution is 0.102. The van der Waals surface area contributed by atoms with Crippen LogP contribution in [-0.4, -0.2) is 42.4 Å². The zero-order valence-corrected chi connectivity index (χ0v) is 13.4. The summed E-state index contributed by atoms with van der Waals surface area (Å²) in [6.45, 7) is 3.00. The van der Waals surface area contributed by atoms with Crippen LogP contribution in [0.4, 0.5) is 11.6 Å². The molecule has 0 saturated carbocycles. The normalized spacial score (nSPS) is 14.7. The Morgan fingerprint density at radius 2 is 2.00 bits per heavy atom. The van der Waals surface area contributed by atoms with Gasteiger partial charge in [0.1, 0.15) is 0 Å². The van der Waals surface area contributed by atoms with Gasteiger partial charge >= 0.3 is 0 Å². The van der Waals surface area contributed by atoms with Gasteiger partial charge in [0.15, 0.2) is 11.6 Å². The van der Waals surface area contributed by atoms with Crippen LogP contribution in [0.15, 0.2) is 40.9 Å². The second kappa shape index (κ2) is 6.85. The molecule has 2 heterocycles.